The molecule has 0 amide bonds. The first kappa shape index (κ1) is 19.9. The van der Waals surface area contributed by atoms with Crippen molar-refractivity contribution in [2.45, 2.75) is 13.1 Å². The van der Waals surface area contributed by atoms with Gasteiger partial charge in [-0.3, -0.25) is 4.90 Å². The molecule has 1 aliphatic heterocycles. The van der Waals surface area contributed by atoms with E-state index in [9.17, 15) is 8.78 Å². The number of halogens is 2. The molecule has 3 aromatic carbocycles. The minimum absolute atomic E-state index is 0.0697. The minimum atomic E-state index is -0.536. The van der Waals surface area contributed by atoms with Gasteiger partial charge in [0.15, 0.2) is 11.5 Å². The predicted octanol–water partition coefficient (Wildman–Crippen LogP) is 5.64. The topological polar surface area (TPSA) is 34.6 Å². The Labute approximate surface area is 182 Å². The fraction of sp³-hybridized carbons (Fsp3) is 0.208. The van der Waals surface area contributed by atoms with Crippen LogP contribution in [0.2, 0.25) is 0 Å². The molecule has 0 fully saturated rings. The summed E-state index contributed by atoms with van der Waals surface area (Å²) in [4.78, 5) is 6.73. The van der Waals surface area contributed by atoms with Gasteiger partial charge in [-0.15, -0.1) is 11.3 Å². The lowest BCUT2D eigenvalue weighted by Gasteiger charge is -2.20. The normalized spacial score (nSPS) is 14.2. The van der Waals surface area contributed by atoms with Gasteiger partial charge in [-0.25, -0.2) is 13.8 Å². The quantitative estimate of drug-likeness (QED) is 0.413. The van der Waals surface area contributed by atoms with Crippen molar-refractivity contribution >= 4 is 21.6 Å². The number of rotatable bonds is 4. The summed E-state index contributed by atoms with van der Waals surface area (Å²) in [6.07, 6.45) is 0. The zero-order valence-electron chi connectivity index (χ0n) is 16.9. The average molecular weight is 438 g/mol. The molecule has 158 valence electrons. The van der Waals surface area contributed by atoms with E-state index in [0.29, 0.717) is 31.2 Å². The second-order valence-corrected chi connectivity index (χ2v) is 8.44. The molecule has 0 unspecified atom stereocenters. The molecule has 1 aromatic heterocycles. The van der Waals surface area contributed by atoms with Gasteiger partial charge < -0.3 is 9.47 Å². The summed E-state index contributed by atoms with van der Waals surface area (Å²) in [6, 6.07) is 15.9. The third kappa shape index (κ3) is 3.86. The number of aromatic nitrogens is 1. The Bertz CT molecular complexity index is 1200. The number of hydrogen-bond donors (Lipinski definition) is 0. The molecular formula is C24H20F2N2O2S. The number of thiazole rings is 1. The van der Waals surface area contributed by atoms with E-state index in [1.807, 2.05) is 41.3 Å². The molecule has 0 spiro atoms. The summed E-state index contributed by atoms with van der Waals surface area (Å²) in [5, 5.41) is 0.887. The fourth-order valence-electron chi connectivity index (χ4n) is 3.85. The van der Waals surface area contributed by atoms with Gasteiger partial charge >= 0.3 is 0 Å². The number of para-hydroxylation sites is 1. The Morgan fingerprint density at radius 1 is 1.10 bits per heavy atom. The van der Waals surface area contributed by atoms with Crippen molar-refractivity contribution in [2.75, 3.05) is 20.3 Å². The van der Waals surface area contributed by atoms with Gasteiger partial charge in [0.05, 0.1) is 17.3 Å². The Kier molecular flexibility index (Phi) is 5.29. The Morgan fingerprint density at radius 2 is 1.90 bits per heavy atom. The highest BCUT2D eigenvalue weighted by atomic mass is 32.1. The summed E-state index contributed by atoms with van der Waals surface area (Å²) in [5.41, 5.74) is 2.85. The second kappa shape index (κ2) is 8.24. The van der Waals surface area contributed by atoms with E-state index in [2.05, 4.69) is 0 Å². The van der Waals surface area contributed by atoms with Crippen LogP contribution in [0.3, 0.4) is 0 Å². The molecule has 0 saturated heterocycles. The first-order valence-corrected chi connectivity index (χ1v) is 10.8. The Balaban J connectivity index is 1.52. The number of nitrogens with zero attached hydrogens (tertiary/aromatic N) is 2. The first-order valence-electron chi connectivity index (χ1n) is 9.97. The standard InChI is InChI=1S/C24H20F2N2O2S/c1-29-21-12-15(24-27-20-7-2-3-8-22(20)31-24)11-16-13-28(9-10-30-23(16)21)14-17-18(25)5-4-6-19(17)26/h2-8,11-12H,9-10,13-14H2,1H3. The molecular weight excluding hydrogens is 418 g/mol. The molecule has 2 heterocycles. The van der Waals surface area contributed by atoms with Crippen LogP contribution in [0, 0.1) is 11.6 Å². The van der Waals surface area contributed by atoms with Crippen molar-refractivity contribution < 1.29 is 18.3 Å². The van der Waals surface area contributed by atoms with Crippen molar-refractivity contribution in [3.8, 4) is 22.1 Å². The lowest BCUT2D eigenvalue weighted by atomic mass is 10.1. The number of benzene rings is 3. The molecule has 0 atom stereocenters. The molecule has 0 aliphatic carbocycles. The van der Waals surface area contributed by atoms with Gasteiger partial charge in [-0.2, -0.15) is 0 Å². The molecule has 0 N–H and O–H groups in total. The highest BCUT2D eigenvalue weighted by Gasteiger charge is 2.23. The van der Waals surface area contributed by atoms with E-state index in [4.69, 9.17) is 14.5 Å². The fourth-order valence-corrected chi connectivity index (χ4v) is 4.80. The number of hydrogen-bond acceptors (Lipinski definition) is 5. The molecule has 0 saturated carbocycles. The molecule has 1 aliphatic rings. The first-order chi connectivity index (χ1) is 15.1. The lowest BCUT2D eigenvalue weighted by molar-refractivity contribution is 0.212. The molecule has 0 radical (unpaired) electrons. The summed E-state index contributed by atoms with van der Waals surface area (Å²) < 4.78 is 41.1. The maximum absolute atomic E-state index is 14.2. The van der Waals surface area contributed by atoms with Gasteiger partial charge in [0.2, 0.25) is 0 Å². The van der Waals surface area contributed by atoms with Gasteiger partial charge in [-0.1, -0.05) is 18.2 Å². The van der Waals surface area contributed by atoms with Crippen molar-refractivity contribution in [1.29, 1.82) is 0 Å². The van der Waals surface area contributed by atoms with Crippen LogP contribution >= 0.6 is 11.3 Å². The lowest BCUT2D eigenvalue weighted by Crippen LogP contribution is -2.26. The third-order valence-corrected chi connectivity index (χ3v) is 6.47. The van der Waals surface area contributed by atoms with Gasteiger partial charge in [0.25, 0.3) is 0 Å². The summed E-state index contributed by atoms with van der Waals surface area (Å²) in [5.74, 6) is 0.229. The highest BCUT2D eigenvalue weighted by Crippen LogP contribution is 2.40. The van der Waals surface area contributed by atoms with E-state index in [1.165, 1.54) is 18.2 Å². The third-order valence-electron chi connectivity index (χ3n) is 5.38. The van der Waals surface area contributed by atoms with E-state index in [0.717, 1.165) is 26.4 Å². The Hall–Kier alpha value is -3.03. The van der Waals surface area contributed by atoms with Crippen LogP contribution in [0.5, 0.6) is 11.5 Å². The van der Waals surface area contributed by atoms with Crippen LogP contribution in [0.4, 0.5) is 8.78 Å². The van der Waals surface area contributed by atoms with E-state index >= 15 is 0 Å². The van der Waals surface area contributed by atoms with E-state index in [-0.39, 0.29) is 12.1 Å². The van der Waals surface area contributed by atoms with Gasteiger partial charge in [-0.05, 0) is 36.4 Å². The van der Waals surface area contributed by atoms with Crippen LogP contribution in [0.15, 0.2) is 54.6 Å². The highest BCUT2D eigenvalue weighted by molar-refractivity contribution is 7.21. The second-order valence-electron chi connectivity index (χ2n) is 7.41. The maximum Gasteiger partial charge on any atom is 0.165 e. The van der Waals surface area contributed by atoms with E-state index in [1.54, 1.807) is 18.4 Å². The predicted molar refractivity (Wildman–Crippen MR) is 118 cm³/mol. The van der Waals surface area contributed by atoms with Crippen LogP contribution in [-0.2, 0) is 13.1 Å². The van der Waals surface area contributed by atoms with Crippen molar-refractivity contribution in [3.05, 3.63) is 77.4 Å². The van der Waals surface area contributed by atoms with Gasteiger partial charge in [0, 0.05) is 36.3 Å². The van der Waals surface area contributed by atoms with Crippen LogP contribution in [-0.4, -0.2) is 30.1 Å². The van der Waals surface area contributed by atoms with E-state index < -0.39 is 11.6 Å². The van der Waals surface area contributed by atoms with Crippen molar-refractivity contribution in [2.24, 2.45) is 0 Å². The number of methoxy groups -OCH3 is 1. The molecule has 4 nitrogen and oxygen atoms in total. The van der Waals surface area contributed by atoms with Gasteiger partial charge in [0.1, 0.15) is 23.2 Å². The zero-order chi connectivity index (χ0) is 21.4. The SMILES string of the molecule is COc1cc(-c2nc3ccccc3s2)cc2c1OCCN(Cc1c(F)cccc1F)C2. The summed E-state index contributed by atoms with van der Waals surface area (Å²) >= 11 is 1.61. The monoisotopic (exact) mass is 438 g/mol. The van der Waals surface area contributed by atoms with Crippen LogP contribution in [0.25, 0.3) is 20.8 Å². The number of ether oxygens (including phenoxy) is 2. The zero-order valence-corrected chi connectivity index (χ0v) is 17.7. The minimum Gasteiger partial charge on any atom is -0.493 e. The summed E-state index contributed by atoms with van der Waals surface area (Å²) in [7, 11) is 1.61. The molecule has 7 heteroatoms. The smallest absolute Gasteiger partial charge is 0.165 e. The molecule has 5 rings (SSSR count). The summed E-state index contributed by atoms with van der Waals surface area (Å²) in [6.45, 7) is 1.59. The van der Waals surface area contributed by atoms with Crippen molar-refractivity contribution in [3.63, 3.8) is 0 Å². The van der Waals surface area contributed by atoms with Crippen LogP contribution < -0.4 is 9.47 Å². The number of fused-ring (bicyclic) bond motifs is 2. The molecule has 0 bridgehead atoms. The van der Waals surface area contributed by atoms with Crippen molar-refractivity contribution in [1.82, 2.24) is 9.88 Å². The molecule has 31 heavy (non-hydrogen) atoms. The Morgan fingerprint density at radius 3 is 2.68 bits per heavy atom. The largest absolute Gasteiger partial charge is 0.493 e. The maximum atomic E-state index is 14.2. The van der Waals surface area contributed by atoms with Crippen LogP contribution in [0.1, 0.15) is 11.1 Å². The molecule has 4 aromatic rings. The average Bonchev–Trinajstić information content (AvgIpc) is 3.10.